The molecule has 0 radical (unpaired) electrons. The summed E-state index contributed by atoms with van der Waals surface area (Å²) in [6.07, 6.45) is 4.89. The molecule has 4 N–H and O–H groups in total. The number of nitrogens with two attached hydrogens (primary N) is 1. The highest BCUT2D eigenvalue weighted by Gasteiger charge is 2.33. The molecule has 23 heavy (non-hydrogen) atoms. The molecule has 2 aromatic heterocycles. The van der Waals surface area contributed by atoms with E-state index in [2.05, 4.69) is 19.9 Å². The number of hydrogen-bond donors (Lipinski definition) is 3. The molecule has 8 heteroatoms. The lowest BCUT2D eigenvalue weighted by Crippen LogP contribution is -2.27. The van der Waals surface area contributed by atoms with Crippen LogP contribution in [0.5, 0.6) is 0 Å². The third-order valence-corrected chi connectivity index (χ3v) is 4.77. The summed E-state index contributed by atoms with van der Waals surface area (Å²) >= 11 is 0. The Morgan fingerprint density at radius 1 is 1.26 bits per heavy atom. The molecule has 1 saturated heterocycles. The van der Waals surface area contributed by atoms with Crippen LogP contribution in [0.4, 0.5) is 5.95 Å². The highest BCUT2D eigenvalue weighted by molar-refractivity contribution is 5.71. The Kier molecular flexibility index (Phi) is 3.15. The summed E-state index contributed by atoms with van der Waals surface area (Å²) in [6.45, 7) is 3.47. The first-order valence-corrected chi connectivity index (χ1v) is 7.86. The molecule has 0 aromatic carbocycles. The molecule has 2 aliphatic rings. The third kappa shape index (κ3) is 2.21. The van der Waals surface area contributed by atoms with Gasteiger partial charge in [0.05, 0.1) is 18.6 Å². The van der Waals surface area contributed by atoms with Crippen LogP contribution in [0.15, 0.2) is 24.0 Å². The van der Waals surface area contributed by atoms with Crippen molar-refractivity contribution in [2.75, 3.05) is 18.0 Å². The Labute approximate surface area is 133 Å². The van der Waals surface area contributed by atoms with Crippen LogP contribution in [0.25, 0.3) is 11.2 Å². The zero-order valence-electron chi connectivity index (χ0n) is 12.9. The van der Waals surface area contributed by atoms with Crippen molar-refractivity contribution in [2.45, 2.75) is 31.8 Å². The van der Waals surface area contributed by atoms with Gasteiger partial charge in [0.15, 0.2) is 11.4 Å². The molecule has 1 aliphatic carbocycles. The number of anilines is 1. The number of aliphatic hydroxyl groups excluding tert-OH is 2. The van der Waals surface area contributed by atoms with Gasteiger partial charge in [0, 0.05) is 25.0 Å². The minimum atomic E-state index is -0.335. The number of fused-ring (bicyclic) bond motifs is 1. The average Bonchev–Trinajstić information content (AvgIpc) is 3.21. The Hall–Kier alpha value is -2.35. The van der Waals surface area contributed by atoms with Crippen molar-refractivity contribution in [3.05, 3.63) is 24.0 Å². The fourth-order valence-corrected chi connectivity index (χ4v) is 3.39. The Balaban J connectivity index is 1.74. The van der Waals surface area contributed by atoms with Crippen molar-refractivity contribution >= 4 is 17.1 Å². The zero-order valence-corrected chi connectivity index (χ0v) is 12.9. The second-order valence-corrected chi connectivity index (χ2v) is 6.45. The minimum Gasteiger partial charge on any atom is -0.508 e. The van der Waals surface area contributed by atoms with Crippen molar-refractivity contribution in [1.29, 1.82) is 0 Å². The molecule has 1 aliphatic heterocycles. The van der Waals surface area contributed by atoms with Crippen LogP contribution >= 0.6 is 0 Å². The quantitative estimate of drug-likeness (QED) is 0.764. The molecule has 1 fully saturated rings. The van der Waals surface area contributed by atoms with E-state index in [9.17, 15) is 10.2 Å². The molecule has 0 saturated carbocycles. The van der Waals surface area contributed by atoms with Gasteiger partial charge in [-0.1, -0.05) is 6.92 Å². The van der Waals surface area contributed by atoms with Gasteiger partial charge in [-0.3, -0.25) is 0 Å². The van der Waals surface area contributed by atoms with Crippen molar-refractivity contribution in [1.82, 2.24) is 19.5 Å². The first kappa shape index (κ1) is 14.3. The summed E-state index contributed by atoms with van der Waals surface area (Å²) in [7, 11) is 0. The van der Waals surface area contributed by atoms with Crippen LogP contribution in [0.3, 0.4) is 0 Å². The van der Waals surface area contributed by atoms with Gasteiger partial charge in [-0.05, 0) is 12.8 Å². The van der Waals surface area contributed by atoms with E-state index in [1.165, 1.54) is 0 Å². The summed E-state index contributed by atoms with van der Waals surface area (Å²) in [5.41, 5.74) is 7.28. The van der Waals surface area contributed by atoms with Gasteiger partial charge in [0.25, 0.3) is 0 Å². The summed E-state index contributed by atoms with van der Waals surface area (Å²) in [6, 6.07) is -0.183. The van der Waals surface area contributed by atoms with Gasteiger partial charge in [0.2, 0.25) is 5.95 Å². The topological polar surface area (TPSA) is 113 Å². The second-order valence-electron chi connectivity index (χ2n) is 6.45. The molecule has 8 nitrogen and oxygen atoms in total. The van der Waals surface area contributed by atoms with Gasteiger partial charge < -0.3 is 25.4 Å². The SMILES string of the molecule is C[C@H]1C[C@@H](n2cnc3cnc(N4CC[C@@H](N)C4)nc32)C(O)=C1O. The number of imidazole rings is 1. The van der Waals surface area contributed by atoms with Crippen molar-refractivity contribution in [2.24, 2.45) is 11.7 Å². The first-order valence-electron chi connectivity index (χ1n) is 7.86. The standard InChI is InChI=1S/C15H20N6O2/c1-8-4-11(13(23)12(8)22)21-7-18-10-5-17-15(19-14(10)21)20-3-2-9(16)6-20/h5,7-9,11,22-23H,2-4,6,16H2,1H3/t8-,9+,11+/m0/s1. The highest BCUT2D eigenvalue weighted by Crippen LogP contribution is 2.38. The first-order chi connectivity index (χ1) is 11.0. The van der Waals surface area contributed by atoms with Crippen LogP contribution in [0, 0.1) is 5.92 Å². The lowest BCUT2D eigenvalue weighted by Gasteiger charge is -2.17. The molecule has 0 unspecified atom stereocenters. The van der Waals surface area contributed by atoms with Gasteiger partial charge in [-0.2, -0.15) is 4.98 Å². The van der Waals surface area contributed by atoms with Gasteiger partial charge in [-0.25, -0.2) is 9.97 Å². The maximum atomic E-state index is 10.2. The van der Waals surface area contributed by atoms with E-state index in [1.54, 1.807) is 12.5 Å². The predicted octanol–water partition coefficient (Wildman–Crippen LogP) is 1.27. The van der Waals surface area contributed by atoms with Gasteiger partial charge in [0.1, 0.15) is 11.3 Å². The van der Waals surface area contributed by atoms with Crippen LogP contribution in [0.1, 0.15) is 25.8 Å². The van der Waals surface area contributed by atoms with Crippen molar-refractivity contribution in [3.63, 3.8) is 0 Å². The maximum Gasteiger partial charge on any atom is 0.227 e. The molecule has 3 heterocycles. The van der Waals surface area contributed by atoms with E-state index in [-0.39, 0.29) is 29.5 Å². The summed E-state index contributed by atoms with van der Waals surface area (Å²) in [5.74, 6) is 0.609. The number of aromatic nitrogens is 4. The monoisotopic (exact) mass is 316 g/mol. The van der Waals surface area contributed by atoms with Crippen LogP contribution in [-0.4, -0.2) is 48.9 Å². The Bertz CT molecular complexity index is 785. The fraction of sp³-hybridized carbons (Fsp3) is 0.533. The third-order valence-electron chi connectivity index (χ3n) is 4.77. The van der Waals surface area contributed by atoms with E-state index in [4.69, 9.17) is 5.73 Å². The summed E-state index contributed by atoms with van der Waals surface area (Å²) in [5, 5.41) is 20.1. The molecule has 122 valence electrons. The second kappa shape index (κ2) is 5.09. The van der Waals surface area contributed by atoms with Crippen molar-refractivity contribution < 1.29 is 10.2 Å². The molecule has 0 bridgehead atoms. The molecule has 2 aromatic rings. The minimum absolute atomic E-state index is 0.000145. The van der Waals surface area contributed by atoms with E-state index >= 15 is 0 Å². The van der Waals surface area contributed by atoms with E-state index in [1.807, 2.05) is 11.5 Å². The van der Waals surface area contributed by atoms with Crippen molar-refractivity contribution in [3.8, 4) is 0 Å². The van der Waals surface area contributed by atoms with Gasteiger partial charge in [-0.15, -0.1) is 0 Å². The molecule has 3 atom stereocenters. The number of rotatable bonds is 2. The van der Waals surface area contributed by atoms with Gasteiger partial charge >= 0.3 is 0 Å². The number of aliphatic hydroxyl groups is 2. The Morgan fingerprint density at radius 3 is 2.74 bits per heavy atom. The number of allylic oxidation sites excluding steroid dienone is 2. The lowest BCUT2D eigenvalue weighted by molar-refractivity contribution is 0.297. The molecule has 0 amide bonds. The molecule has 4 rings (SSSR count). The Morgan fingerprint density at radius 2 is 2.09 bits per heavy atom. The van der Waals surface area contributed by atoms with E-state index in [0.29, 0.717) is 23.5 Å². The van der Waals surface area contributed by atoms with E-state index in [0.717, 1.165) is 19.5 Å². The highest BCUT2D eigenvalue weighted by atomic mass is 16.3. The smallest absolute Gasteiger partial charge is 0.227 e. The largest absolute Gasteiger partial charge is 0.508 e. The number of hydrogen-bond acceptors (Lipinski definition) is 7. The average molecular weight is 316 g/mol. The molecular weight excluding hydrogens is 296 g/mol. The van der Waals surface area contributed by atoms with Crippen LogP contribution < -0.4 is 10.6 Å². The zero-order chi connectivity index (χ0) is 16.1. The summed E-state index contributed by atoms with van der Waals surface area (Å²) < 4.78 is 1.81. The number of nitrogens with zero attached hydrogens (tertiary/aromatic N) is 5. The normalized spacial score (nSPS) is 28.3. The lowest BCUT2D eigenvalue weighted by atomic mass is 10.1. The van der Waals surface area contributed by atoms with Crippen LogP contribution in [0.2, 0.25) is 0 Å². The molecule has 0 spiro atoms. The summed E-state index contributed by atoms with van der Waals surface area (Å²) in [4.78, 5) is 15.4. The maximum absolute atomic E-state index is 10.2. The molecular formula is C15H20N6O2. The van der Waals surface area contributed by atoms with Crippen LogP contribution in [-0.2, 0) is 0 Å². The van der Waals surface area contributed by atoms with E-state index < -0.39 is 0 Å². The predicted molar refractivity (Wildman–Crippen MR) is 85.2 cm³/mol. The fourth-order valence-electron chi connectivity index (χ4n) is 3.39.